The van der Waals surface area contributed by atoms with Crippen molar-refractivity contribution in [1.82, 2.24) is 4.98 Å². The molecule has 1 aliphatic heterocycles. The van der Waals surface area contributed by atoms with E-state index in [1.165, 1.54) is 16.9 Å². The van der Waals surface area contributed by atoms with E-state index in [-0.39, 0.29) is 12.7 Å². The Morgan fingerprint density at radius 3 is 2.80 bits per heavy atom. The molecule has 3 aromatic rings. The third kappa shape index (κ3) is 3.34. The first kappa shape index (κ1) is 15.7. The van der Waals surface area contributed by atoms with Gasteiger partial charge in [-0.25, -0.2) is 4.98 Å². The van der Waals surface area contributed by atoms with E-state index in [9.17, 15) is 4.79 Å². The number of nitrogens with one attached hydrogen (secondary N) is 1. The molecule has 0 atom stereocenters. The maximum absolute atomic E-state index is 12.6. The minimum Gasteiger partial charge on any atom is -0.454 e. The minimum atomic E-state index is -0.159. The molecule has 1 aromatic heterocycles. The van der Waals surface area contributed by atoms with Crippen LogP contribution in [0.1, 0.15) is 25.9 Å². The van der Waals surface area contributed by atoms with Crippen LogP contribution in [0.25, 0.3) is 0 Å². The van der Waals surface area contributed by atoms with E-state index in [0.717, 1.165) is 17.1 Å². The zero-order valence-corrected chi connectivity index (χ0v) is 14.4. The largest absolute Gasteiger partial charge is 0.454 e. The second-order valence-electron chi connectivity index (χ2n) is 5.71. The van der Waals surface area contributed by atoms with Crippen LogP contribution in [0.2, 0.25) is 0 Å². The summed E-state index contributed by atoms with van der Waals surface area (Å²) in [5.74, 6) is 1.17. The number of ether oxygens (including phenoxy) is 2. The molecule has 5 nitrogen and oxygen atoms in total. The van der Waals surface area contributed by atoms with Crippen molar-refractivity contribution in [2.75, 3.05) is 12.1 Å². The van der Waals surface area contributed by atoms with Gasteiger partial charge in [-0.1, -0.05) is 30.3 Å². The number of hydrogen-bond donors (Lipinski definition) is 1. The second kappa shape index (κ2) is 6.57. The third-order valence-corrected chi connectivity index (χ3v) is 5.03. The van der Waals surface area contributed by atoms with E-state index in [1.807, 2.05) is 25.1 Å². The fraction of sp³-hybridized carbons (Fsp3) is 0.158. The summed E-state index contributed by atoms with van der Waals surface area (Å²) in [5, 5.41) is 3.83. The number of carbonyl (C=O) groups is 1. The number of aromatic nitrogens is 1. The Bertz CT molecular complexity index is 922. The number of aryl methyl sites for hydroxylation is 1. The Hall–Kier alpha value is -2.86. The lowest BCUT2D eigenvalue weighted by molar-refractivity contribution is 0.103. The number of anilines is 1. The van der Waals surface area contributed by atoms with Crippen molar-refractivity contribution < 1.29 is 14.3 Å². The van der Waals surface area contributed by atoms with Crippen LogP contribution in [0.5, 0.6) is 11.5 Å². The number of amides is 1. The molecule has 0 radical (unpaired) electrons. The Kier molecular flexibility index (Phi) is 4.11. The van der Waals surface area contributed by atoms with Crippen molar-refractivity contribution in [3.8, 4) is 11.5 Å². The number of thiazole rings is 1. The van der Waals surface area contributed by atoms with Crippen molar-refractivity contribution >= 4 is 22.9 Å². The predicted octanol–water partition coefficient (Wildman–Crippen LogP) is 4.02. The zero-order valence-electron chi connectivity index (χ0n) is 13.6. The molecular formula is C19H16N2O3S. The Morgan fingerprint density at radius 2 is 1.96 bits per heavy atom. The molecule has 1 N–H and O–H groups in total. The summed E-state index contributed by atoms with van der Waals surface area (Å²) in [6, 6.07) is 15.5. The summed E-state index contributed by atoms with van der Waals surface area (Å²) in [7, 11) is 0. The van der Waals surface area contributed by atoms with E-state index >= 15 is 0 Å². The molecule has 0 spiro atoms. The Morgan fingerprint density at radius 1 is 1.16 bits per heavy atom. The van der Waals surface area contributed by atoms with Crippen molar-refractivity contribution in [2.24, 2.45) is 0 Å². The van der Waals surface area contributed by atoms with Crippen LogP contribution in [0, 0.1) is 6.92 Å². The fourth-order valence-corrected chi connectivity index (χ4v) is 3.67. The SMILES string of the molecule is Cc1nc(Cc2ccccc2)sc1C(=O)Nc1ccc2c(c1)OCO2. The number of hydrogen-bond acceptors (Lipinski definition) is 5. The summed E-state index contributed by atoms with van der Waals surface area (Å²) in [4.78, 5) is 17.8. The molecule has 0 unspecified atom stereocenters. The normalized spacial score (nSPS) is 12.2. The molecule has 4 rings (SSSR count). The molecule has 126 valence electrons. The van der Waals surface area contributed by atoms with E-state index in [2.05, 4.69) is 22.4 Å². The highest BCUT2D eigenvalue weighted by molar-refractivity contribution is 7.14. The van der Waals surface area contributed by atoms with Gasteiger partial charge in [0, 0.05) is 18.2 Å². The fourth-order valence-electron chi connectivity index (χ4n) is 2.67. The Balaban J connectivity index is 1.50. The summed E-state index contributed by atoms with van der Waals surface area (Å²) in [6.07, 6.45) is 0.726. The van der Waals surface area contributed by atoms with Crippen molar-refractivity contribution in [2.45, 2.75) is 13.3 Å². The van der Waals surface area contributed by atoms with Gasteiger partial charge in [0.2, 0.25) is 6.79 Å². The summed E-state index contributed by atoms with van der Waals surface area (Å²) >= 11 is 1.43. The van der Waals surface area contributed by atoms with E-state index in [0.29, 0.717) is 22.1 Å². The molecule has 0 aliphatic carbocycles. The molecule has 2 heterocycles. The van der Waals surface area contributed by atoms with Crippen LogP contribution in [0.3, 0.4) is 0 Å². The highest BCUT2D eigenvalue weighted by Crippen LogP contribution is 2.34. The van der Waals surface area contributed by atoms with Gasteiger partial charge < -0.3 is 14.8 Å². The lowest BCUT2D eigenvalue weighted by Gasteiger charge is -2.05. The van der Waals surface area contributed by atoms with Crippen LogP contribution in [-0.4, -0.2) is 17.7 Å². The number of fused-ring (bicyclic) bond motifs is 1. The molecule has 0 saturated heterocycles. The van der Waals surface area contributed by atoms with Gasteiger partial charge in [0.05, 0.1) is 10.7 Å². The Labute approximate surface area is 149 Å². The van der Waals surface area contributed by atoms with E-state index < -0.39 is 0 Å². The van der Waals surface area contributed by atoms with Crippen molar-refractivity contribution in [3.63, 3.8) is 0 Å². The number of rotatable bonds is 4. The molecule has 25 heavy (non-hydrogen) atoms. The predicted molar refractivity (Wildman–Crippen MR) is 96.6 cm³/mol. The van der Waals surface area contributed by atoms with Gasteiger partial charge in [0.15, 0.2) is 11.5 Å². The topological polar surface area (TPSA) is 60.5 Å². The highest BCUT2D eigenvalue weighted by atomic mass is 32.1. The lowest BCUT2D eigenvalue weighted by atomic mass is 10.2. The van der Waals surface area contributed by atoms with Gasteiger partial charge in [-0.2, -0.15) is 0 Å². The average molecular weight is 352 g/mol. The monoisotopic (exact) mass is 352 g/mol. The van der Waals surface area contributed by atoms with Crippen LogP contribution in [-0.2, 0) is 6.42 Å². The van der Waals surface area contributed by atoms with Gasteiger partial charge in [-0.05, 0) is 24.6 Å². The summed E-state index contributed by atoms with van der Waals surface area (Å²) < 4.78 is 10.6. The second-order valence-corrected chi connectivity index (χ2v) is 6.79. The van der Waals surface area contributed by atoms with Gasteiger partial charge >= 0.3 is 0 Å². The molecule has 6 heteroatoms. The third-order valence-electron chi connectivity index (χ3n) is 3.88. The highest BCUT2D eigenvalue weighted by Gasteiger charge is 2.18. The van der Waals surface area contributed by atoms with Crippen molar-refractivity contribution in [3.05, 3.63) is 69.7 Å². The standard InChI is InChI=1S/C19H16N2O3S/c1-12-18(25-17(20-12)9-13-5-3-2-4-6-13)19(22)21-14-7-8-15-16(10-14)24-11-23-15/h2-8,10H,9,11H2,1H3,(H,21,22). The van der Waals surface area contributed by atoms with E-state index in [1.54, 1.807) is 18.2 Å². The summed E-state index contributed by atoms with van der Waals surface area (Å²) in [5.41, 5.74) is 2.60. The molecule has 0 fully saturated rings. The molecule has 1 amide bonds. The van der Waals surface area contributed by atoms with Gasteiger partial charge in [0.25, 0.3) is 5.91 Å². The first-order chi connectivity index (χ1) is 12.2. The van der Waals surface area contributed by atoms with Crippen molar-refractivity contribution in [1.29, 1.82) is 0 Å². The first-order valence-electron chi connectivity index (χ1n) is 7.90. The quantitative estimate of drug-likeness (QED) is 0.770. The smallest absolute Gasteiger partial charge is 0.267 e. The molecule has 1 aliphatic rings. The van der Waals surface area contributed by atoms with Gasteiger partial charge in [0.1, 0.15) is 4.88 Å². The zero-order chi connectivity index (χ0) is 17.2. The first-order valence-corrected chi connectivity index (χ1v) is 8.72. The maximum atomic E-state index is 12.6. The summed E-state index contributed by atoms with van der Waals surface area (Å²) in [6.45, 7) is 2.07. The number of carbonyl (C=O) groups excluding carboxylic acids is 1. The van der Waals surface area contributed by atoms with Gasteiger partial charge in [-0.15, -0.1) is 11.3 Å². The van der Waals surface area contributed by atoms with Crippen LogP contribution in [0.15, 0.2) is 48.5 Å². The maximum Gasteiger partial charge on any atom is 0.267 e. The molecule has 2 aromatic carbocycles. The molecule has 0 saturated carbocycles. The molecular weight excluding hydrogens is 336 g/mol. The molecule has 0 bridgehead atoms. The average Bonchev–Trinajstić information content (AvgIpc) is 3.21. The van der Waals surface area contributed by atoms with Crippen LogP contribution < -0.4 is 14.8 Å². The van der Waals surface area contributed by atoms with Crippen LogP contribution >= 0.6 is 11.3 Å². The number of benzene rings is 2. The minimum absolute atomic E-state index is 0.159. The lowest BCUT2D eigenvalue weighted by Crippen LogP contribution is -2.11. The van der Waals surface area contributed by atoms with Crippen LogP contribution in [0.4, 0.5) is 5.69 Å². The van der Waals surface area contributed by atoms with E-state index in [4.69, 9.17) is 9.47 Å². The number of nitrogens with zero attached hydrogens (tertiary/aromatic N) is 1. The van der Waals surface area contributed by atoms with Gasteiger partial charge in [-0.3, -0.25) is 4.79 Å².